The van der Waals surface area contributed by atoms with Crippen LogP contribution in [0.3, 0.4) is 0 Å². The average molecular weight is 221 g/mol. The fourth-order valence-corrected chi connectivity index (χ4v) is 2.28. The largest absolute Gasteiger partial charge is 0.497 e. The van der Waals surface area contributed by atoms with Crippen molar-refractivity contribution in [2.24, 2.45) is 11.7 Å². The van der Waals surface area contributed by atoms with E-state index >= 15 is 0 Å². The molecule has 0 saturated heterocycles. The first kappa shape index (κ1) is 11.3. The first-order valence-electron chi connectivity index (χ1n) is 5.65. The minimum atomic E-state index is 0.261. The molecule has 0 aromatic heterocycles. The maximum absolute atomic E-state index is 5.91. The summed E-state index contributed by atoms with van der Waals surface area (Å²) in [6, 6.07) is 6.27. The van der Waals surface area contributed by atoms with E-state index in [0.29, 0.717) is 11.8 Å². The second kappa shape index (κ2) is 4.34. The zero-order chi connectivity index (χ0) is 11.7. The zero-order valence-corrected chi connectivity index (χ0v) is 10.1. The van der Waals surface area contributed by atoms with Gasteiger partial charge in [-0.25, -0.2) is 0 Å². The van der Waals surface area contributed by atoms with Crippen LogP contribution < -0.4 is 15.2 Å². The smallest absolute Gasteiger partial charge is 0.126 e. The Morgan fingerprint density at radius 3 is 2.56 bits per heavy atom. The van der Waals surface area contributed by atoms with Crippen LogP contribution in [0, 0.1) is 5.92 Å². The van der Waals surface area contributed by atoms with Gasteiger partial charge in [-0.15, -0.1) is 0 Å². The average Bonchev–Trinajstić information content (AvgIpc) is 3.08. The molecule has 1 aliphatic rings. The number of benzene rings is 1. The van der Waals surface area contributed by atoms with Crippen molar-refractivity contribution in [2.45, 2.75) is 25.3 Å². The van der Waals surface area contributed by atoms with E-state index in [0.717, 1.165) is 11.5 Å². The number of ether oxygens (including phenoxy) is 2. The summed E-state index contributed by atoms with van der Waals surface area (Å²) in [4.78, 5) is 0. The van der Waals surface area contributed by atoms with Crippen LogP contribution in [0.25, 0.3) is 0 Å². The predicted molar refractivity (Wildman–Crippen MR) is 64.0 cm³/mol. The molecule has 0 amide bonds. The highest BCUT2D eigenvalue weighted by molar-refractivity contribution is 5.45. The van der Waals surface area contributed by atoms with Gasteiger partial charge in [-0.3, -0.25) is 0 Å². The summed E-state index contributed by atoms with van der Waals surface area (Å²) in [7, 11) is 3.36. The summed E-state index contributed by atoms with van der Waals surface area (Å²) in [5.74, 6) is 2.90. The van der Waals surface area contributed by atoms with Gasteiger partial charge in [0.1, 0.15) is 11.5 Å². The highest BCUT2D eigenvalue weighted by Gasteiger charge is 2.42. The number of hydrogen-bond donors (Lipinski definition) is 1. The van der Waals surface area contributed by atoms with Crippen LogP contribution >= 0.6 is 0 Å². The van der Waals surface area contributed by atoms with Crippen molar-refractivity contribution < 1.29 is 9.47 Å². The molecule has 2 N–H and O–H groups in total. The SMILES string of the molecule is COc1ccc([C@@H]2C[C@H]2[C@H](C)N)c(OC)c1. The van der Waals surface area contributed by atoms with Gasteiger partial charge in [-0.05, 0) is 36.8 Å². The minimum Gasteiger partial charge on any atom is -0.497 e. The molecular weight excluding hydrogens is 202 g/mol. The zero-order valence-electron chi connectivity index (χ0n) is 10.1. The molecule has 0 unspecified atom stereocenters. The van der Waals surface area contributed by atoms with Crippen LogP contribution in [0.4, 0.5) is 0 Å². The van der Waals surface area contributed by atoms with E-state index in [1.54, 1.807) is 14.2 Å². The number of hydrogen-bond acceptors (Lipinski definition) is 3. The van der Waals surface area contributed by atoms with Gasteiger partial charge >= 0.3 is 0 Å². The van der Waals surface area contributed by atoms with Crippen molar-refractivity contribution in [1.82, 2.24) is 0 Å². The van der Waals surface area contributed by atoms with Crippen LogP contribution in [-0.4, -0.2) is 20.3 Å². The van der Waals surface area contributed by atoms with E-state index in [2.05, 4.69) is 13.0 Å². The second-order valence-corrected chi connectivity index (χ2v) is 4.47. The molecule has 0 radical (unpaired) electrons. The Balaban J connectivity index is 2.22. The van der Waals surface area contributed by atoms with Crippen LogP contribution in [0.1, 0.15) is 24.8 Å². The van der Waals surface area contributed by atoms with Crippen molar-refractivity contribution in [3.05, 3.63) is 23.8 Å². The highest BCUT2D eigenvalue weighted by atomic mass is 16.5. The molecule has 0 heterocycles. The van der Waals surface area contributed by atoms with E-state index in [1.807, 2.05) is 12.1 Å². The Hall–Kier alpha value is -1.22. The first-order chi connectivity index (χ1) is 7.67. The van der Waals surface area contributed by atoms with Crippen molar-refractivity contribution in [3.8, 4) is 11.5 Å². The van der Waals surface area contributed by atoms with Crippen molar-refractivity contribution in [3.63, 3.8) is 0 Å². The van der Waals surface area contributed by atoms with E-state index in [9.17, 15) is 0 Å². The molecule has 88 valence electrons. The summed E-state index contributed by atoms with van der Waals surface area (Å²) in [5.41, 5.74) is 7.16. The molecule has 3 atom stereocenters. The molecule has 1 aliphatic carbocycles. The lowest BCUT2D eigenvalue weighted by molar-refractivity contribution is 0.390. The molecule has 0 spiro atoms. The molecule has 1 aromatic carbocycles. The van der Waals surface area contributed by atoms with E-state index in [1.165, 1.54) is 12.0 Å². The number of nitrogens with two attached hydrogens (primary N) is 1. The summed E-state index contributed by atoms with van der Waals surface area (Å²) >= 11 is 0. The third kappa shape index (κ3) is 2.00. The van der Waals surface area contributed by atoms with Crippen molar-refractivity contribution >= 4 is 0 Å². The second-order valence-electron chi connectivity index (χ2n) is 4.47. The maximum Gasteiger partial charge on any atom is 0.126 e. The molecule has 3 nitrogen and oxygen atoms in total. The maximum atomic E-state index is 5.91. The Bertz CT molecular complexity index is 376. The molecule has 2 rings (SSSR count). The van der Waals surface area contributed by atoms with Gasteiger partial charge in [-0.1, -0.05) is 6.07 Å². The lowest BCUT2D eigenvalue weighted by Gasteiger charge is -2.11. The Morgan fingerprint density at radius 1 is 1.31 bits per heavy atom. The van der Waals surface area contributed by atoms with Gasteiger partial charge < -0.3 is 15.2 Å². The molecule has 0 aliphatic heterocycles. The monoisotopic (exact) mass is 221 g/mol. The Morgan fingerprint density at radius 2 is 2.06 bits per heavy atom. The van der Waals surface area contributed by atoms with E-state index in [4.69, 9.17) is 15.2 Å². The van der Waals surface area contributed by atoms with Crippen LogP contribution in [0.5, 0.6) is 11.5 Å². The molecular formula is C13H19NO2. The van der Waals surface area contributed by atoms with Gasteiger partial charge in [-0.2, -0.15) is 0 Å². The lowest BCUT2D eigenvalue weighted by atomic mass is 10.1. The fraction of sp³-hybridized carbons (Fsp3) is 0.538. The van der Waals surface area contributed by atoms with Crippen LogP contribution in [-0.2, 0) is 0 Å². The first-order valence-corrected chi connectivity index (χ1v) is 5.65. The summed E-state index contributed by atoms with van der Waals surface area (Å²) in [6.45, 7) is 2.07. The standard InChI is InChI=1S/C13H19NO2/c1-8(14)11-7-12(11)10-5-4-9(15-2)6-13(10)16-3/h4-6,8,11-12H,7,14H2,1-3H3/t8-,11-,12-/m0/s1. The van der Waals surface area contributed by atoms with Gasteiger partial charge in [0.05, 0.1) is 14.2 Å². The van der Waals surface area contributed by atoms with E-state index < -0.39 is 0 Å². The summed E-state index contributed by atoms with van der Waals surface area (Å²) < 4.78 is 10.6. The van der Waals surface area contributed by atoms with Gasteiger partial charge in [0.2, 0.25) is 0 Å². The third-order valence-electron chi connectivity index (χ3n) is 3.36. The van der Waals surface area contributed by atoms with Crippen LogP contribution in [0.2, 0.25) is 0 Å². The van der Waals surface area contributed by atoms with Gasteiger partial charge in [0.25, 0.3) is 0 Å². The van der Waals surface area contributed by atoms with Crippen molar-refractivity contribution in [1.29, 1.82) is 0 Å². The number of rotatable bonds is 4. The minimum absolute atomic E-state index is 0.261. The molecule has 0 bridgehead atoms. The normalized spacial score (nSPS) is 25.0. The molecule has 1 aromatic rings. The predicted octanol–water partition coefficient (Wildman–Crippen LogP) is 2.15. The Kier molecular flexibility index (Phi) is 3.06. The van der Waals surface area contributed by atoms with Gasteiger partial charge in [0, 0.05) is 12.1 Å². The topological polar surface area (TPSA) is 44.5 Å². The van der Waals surface area contributed by atoms with Crippen LogP contribution in [0.15, 0.2) is 18.2 Å². The van der Waals surface area contributed by atoms with Crippen molar-refractivity contribution in [2.75, 3.05) is 14.2 Å². The molecule has 1 saturated carbocycles. The Labute approximate surface area is 96.5 Å². The summed E-state index contributed by atoms with van der Waals surface area (Å²) in [6.07, 6.45) is 1.17. The molecule has 16 heavy (non-hydrogen) atoms. The van der Waals surface area contributed by atoms with E-state index in [-0.39, 0.29) is 6.04 Å². The van der Waals surface area contributed by atoms with Gasteiger partial charge in [0.15, 0.2) is 0 Å². The third-order valence-corrected chi connectivity index (χ3v) is 3.36. The highest BCUT2D eigenvalue weighted by Crippen LogP contribution is 2.52. The lowest BCUT2D eigenvalue weighted by Crippen LogP contribution is -2.18. The quantitative estimate of drug-likeness (QED) is 0.847. The number of methoxy groups -OCH3 is 2. The molecule has 1 fully saturated rings. The molecule has 3 heteroatoms. The fourth-order valence-electron chi connectivity index (χ4n) is 2.28. The summed E-state index contributed by atoms with van der Waals surface area (Å²) in [5, 5.41) is 0.